The number of carboxylic acids is 1. The predicted molar refractivity (Wildman–Crippen MR) is 126 cm³/mol. The summed E-state index contributed by atoms with van der Waals surface area (Å²) < 4.78 is 5.56. The molecule has 0 spiro atoms. The molecule has 7 heteroatoms. The number of alkyl carbamates (subject to hydrolysis) is 1. The first-order valence-corrected chi connectivity index (χ1v) is 11.2. The van der Waals surface area contributed by atoms with Gasteiger partial charge in [-0.05, 0) is 49.4 Å². The highest BCUT2D eigenvalue weighted by Crippen LogP contribution is 2.44. The van der Waals surface area contributed by atoms with Crippen LogP contribution in [0.4, 0.5) is 4.79 Å². The van der Waals surface area contributed by atoms with E-state index in [2.05, 4.69) is 34.9 Å². The molecule has 0 saturated carbocycles. The van der Waals surface area contributed by atoms with Gasteiger partial charge in [-0.3, -0.25) is 9.59 Å². The van der Waals surface area contributed by atoms with Gasteiger partial charge in [0.15, 0.2) is 0 Å². The smallest absolute Gasteiger partial charge is 0.407 e. The van der Waals surface area contributed by atoms with Crippen LogP contribution >= 0.6 is 0 Å². The zero-order valence-corrected chi connectivity index (χ0v) is 19.6. The van der Waals surface area contributed by atoms with Crippen molar-refractivity contribution < 1.29 is 24.2 Å². The molecule has 2 unspecified atom stereocenters. The molecular weight excluding hydrogens is 420 g/mol. The van der Waals surface area contributed by atoms with Gasteiger partial charge in [0.05, 0.1) is 5.92 Å². The average molecular weight is 453 g/mol. The topological polar surface area (TPSA) is 105 Å². The van der Waals surface area contributed by atoms with Gasteiger partial charge in [-0.2, -0.15) is 0 Å². The Balaban J connectivity index is 1.54. The number of hydrogen-bond acceptors (Lipinski definition) is 4. The number of hydrogen-bond donors (Lipinski definition) is 3. The van der Waals surface area contributed by atoms with Gasteiger partial charge < -0.3 is 20.5 Å². The monoisotopic (exact) mass is 452 g/mol. The highest BCUT2D eigenvalue weighted by Gasteiger charge is 2.30. The van der Waals surface area contributed by atoms with Crippen molar-refractivity contribution in [3.05, 3.63) is 59.7 Å². The van der Waals surface area contributed by atoms with Crippen LogP contribution in [0.25, 0.3) is 11.1 Å². The fourth-order valence-corrected chi connectivity index (χ4v) is 4.11. The standard InChI is InChI=1S/C26H32N2O5/c1-16(24(31)28-26(3,4)14-13-23(29)30)17(2)27-25(32)33-15-22-20-11-7-5-9-18(20)19-10-6-8-12-21(19)22/h5-12,16-17,22H,13-15H2,1-4H3,(H,27,32)(H,28,31)(H,29,30). The summed E-state index contributed by atoms with van der Waals surface area (Å²) in [5.41, 5.74) is 3.93. The number of fused-ring (bicyclic) bond motifs is 3. The van der Waals surface area contributed by atoms with Gasteiger partial charge in [-0.1, -0.05) is 55.5 Å². The molecule has 2 aromatic carbocycles. The first kappa shape index (κ1) is 24.3. The SMILES string of the molecule is CC(NC(=O)OCC1c2ccccc2-c2ccccc21)C(C)C(=O)NC(C)(C)CCC(=O)O. The second kappa shape index (κ2) is 10.1. The number of benzene rings is 2. The van der Waals surface area contributed by atoms with Crippen LogP contribution in [0.2, 0.25) is 0 Å². The molecule has 33 heavy (non-hydrogen) atoms. The van der Waals surface area contributed by atoms with Gasteiger partial charge in [0.1, 0.15) is 6.61 Å². The molecule has 0 fully saturated rings. The highest BCUT2D eigenvalue weighted by molar-refractivity contribution is 5.81. The van der Waals surface area contributed by atoms with Crippen molar-refractivity contribution in [2.24, 2.45) is 5.92 Å². The summed E-state index contributed by atoms with van der Waals surface area (Å²) in [5.74, 6) is -1.71. The molecule has 3 N–H and O–H groups in total. The lowest BCUT2D eigenvalue weighted by Crippen LogP contribution is -2.50. The molecule has 0 aromatic heterocycles. The number of amides is 2. The minimum absolute atomic E-state index is 0.0325. The summed E-state index contributed by atoms with van der Waals surface area (Å²) in [7, 11) is 0. The van der Waals surface area contributed by atoms with E-state index >= 15 is 0 Å². The zero-order chi connectivity index (χ0) is 24.2. The van der Waals surface area contributed by atoms with Crippen LogP contribution in [0.15, 0.2) is 48.5 Å². The summed E-state index contributed by atoms with van der Waals surface area (Å²) in [6.45, 7) is 7.23. The number of rotatable bonds is 9. The minimum atomic E-state index is -0.907. The number of ether oxygens (including phenoxy) is 1. The largest absolute Gasteiger partial charge is 0.481 e. The molecule has 2 aromatic rings. The molecule has 0 heterocycles. The van der Waals surface area contributed by atoms with Crippen LogP contribution in [0, 0.1) is 5.92 Å². The third kappa shape index (κ3) is 5.92. The molecular formula is C26H32N2O5. The number of carbonyl (C=O) groups excluding carboxylic acids is 2. The lowest BCUT2D eigenvalue weighted by Gasteiger charge is -2.29. The van der Waals surface area contributed by atoms with Crippen LogP contribution in [-0.2, 0) is 14.3 Å². The van der Waals surface area contributed by atoms with E-state index in [-0.39, 0.29) is 24.9 Å². The van der Waals surface area contributed by atoms with Crippen molar-refractivity contribution >= 4 is 18.0 Å². The highest BCUT2D eigenvalue weighted by atomic mass is 16.5. The van der Waals surface area contributed by atoms with Crippen molar-refractivity contribution in [3.8, 4) is 11.1 Å². The minimum Gasteiger partial charge on any atom is -0.481 e. The van der Waals surface area contributed by atoms with Crippen LogP contribution in [0.5, 0.6) is 0 Å². The van der Waals surface area contributed by atoms with Gasteiger partial charge in [-0.15, -0.1) is 0 Å². The van der Waals surface area contributed by atoms with Crippen molar-refractivity contribution in [1.82, 2.24) is 10.6 Å². The summed E-state index contributed by atoms with van der Waals surface area (Å²) in [6, 6.07) is 15.8. The summed E-state index contributed by atoms with van der Waals surface area (Å²) in [4.78, 5) is 35.9. The molecule has 1 aliphatic carbocycles. The van der Waals surface area contributed by atoms with E-state index in [1.54, 1.807) is 27.7 Å². The Morgan fingerprint density at radius 1 is 1.00 bits per heavy atom. The summed E-state index contributed by atoms with van der Waals surface area (Å²) in [6.07, 6.45) is -0.293. The van der Waals surface area contributed by atoms with E-state index in [0.717, 1.165) is 22.3 Å². The Hall–Kier alpha value is -3.35. The molecule has 2 atom stereocenters. The Morgan fingerprint density at radius 2 is 1.55 bits per heavy atom. The van der Waals surface area contributed by atoms with Crippen LogP contribution < -0.4 is 10.6 Å². The lowest BCUT2D eigenvalue weighted by molar-refractivity contribution is -0.138. The average Bonchev–Trinajstić information content (AvgIpc) is 3.09. The zero-order valence-electron chi connectivity index (χ0n) is 19.6. The Bertz CT molecular complexity index is 987. The summed E-state index contributed by atoms with van der Waals surface area (Å²) >= 11 is 0. The molecule has 176 valence electrons. The fraction of sp³-hybridized carbons (Fsp3) is 0.423. The first-order valence-electron chi connectivity index (χ1n) is 11.2. The maximum atomic E-state index is 12.6. The van der Waals surface area contributed by atoms with Gasteiger partial charge in [0.2, 0.25) is 5.91 Å². The molecule has 0 bridgehead atoms. The van der Waals surface area contributed by atoms with E-state index < -0.39 is 29.6 Å². The predicted octanol–water partition coefficient (Wildman–Crippen LogP) is 4.31. The summed E-state index contributed by atoms with van der Waals surface area (Å²) in [5, 5.41) is 14.5. The van der Waals surface area contributed by atoms with Crippen molar-refractivity contribution in [3.63, 3.8) is 0 Å². The molecule has 0 saturated heterocycles. The van der Waals surface area contributed by atoms with Crippen LogP contribution in [0.1, 0.15) is 57.6 Å². The van der Waals surface area contributed by atoms with E-state index in [1.165, 1.54) is 0 Å². The third-order valence-electron chi connectivity index (χ3n) is 6.28. The van der Waals surface area contributed by atoms with Crippen molar-refractivity contribution in [1.29, 1.82) is 0 Å². The maximum Gasteiger partial charge on any atom is 0.407 e. The number of carbonyl (C=O) groups is 3. The van der Waals surface area contributed by atoms with E-state index in [0.29, 0.717) is 6.42 Å². The van der Waals surface area contributed by atoms with Gasteiger partial charge in [0, 0.05) is 23.9 Å². The lowest BCUT2D eigenvalue weighted by atomic mass is 9.95. The van der Waals surface area contributed by atoms with Gasteiger partial charge in [0.25, 0.3) is 0 Å². The molecule has 7 nitrogen and oxygen atoms in total. The van der Waals surface area contributed by atoms with Gasteiger partial charge in [-0.25, -0.2) is 4.79 Å². The molecule has 0 aliphatic heterocycles. The first-order chi connectivity index (χ1) is 15.6. The molecule has 1 aliphatic rings. The number of aliphatic carboxylic acids is 1. The third-order valence-corrected chi connectivity index (χ3v) is 6.28. The van der Waals surface area contributed by atoms with Crippen molar-refractivity contribution in [2.75, 3.05) is 6.61 Å². The normalized spacial score (nSPS) is 14.5. The molecule has 2 amide bonds. The van der Waals surface area contributed by atoms with Gasteiger partial charge >= 0.3 is 12.1 Å². The van der Waals surface area contributed by atoms with Crippen LogP contribution in [-0.4, -0.2) is 41.3 Å². The quantitative estimate of drug-likeness (QED) is 0.526. The Morgan fingerprint density at radius 3 is 2.09 bits per heavy atom. The van der Waals surface area contributed by atoms with E-state index in [9.17, 15) is 14.4 Å². The molecule has 0 radical (unpaired) electrons. The maximum absolute atomic E-state index is 12.6. The van der Waals surface area contributed by atoms with E-state index in [4.69, 9.17) is 9.84 Å². The fourth-order valence-electron chi connectivity index (χ4n) is 4.11. The van der Waals surface area contributed by atoms with Crippen LogP contribution in [0.3, 0.4) is 0 Å². The Labute approximate surface area is 194 Å². The second-order valence-corrected chi connectivity index (χ2v) is 9.31. The second-order valence-electron chi connectivity index (χ2n) is 9.31. The molecule has 3 rings (SSSR count). The van der Waals surface area contributed by atoms with E-state index in [1.807, 2.05) is 24.3 Å². The van der Waals surface area contributed by atoms with Crippen molar-refractivity contribution in [2.45, 2.75) is 58.0 Å². The number of carboxylic acid groups (broad SMARTS) is 1. The number of nitrogens with one attached hydrogen (secondary N) is 2. The Kier molecular flexibility index (Phi) is 7.41.